The van der Waals surface area contributed by atoms with E-state index in [1.165, 1.54) is 0 Å². The molecule has 1 aliphatic heterocycles. The summed E-state index contributed by atoms with van der Waals surface area (Å²) < 4.78 is 22.6. The van der Waals surface area contributed by atoms with E-state index in [0.29, 0.717) is 19.6 Å². The van der Waals surface area contributed by atoms with Gasteiger partial charge in [-0.3, -0.25) is 0 Å². The molecule has 0 amide bonds. The average molecular weight is 240 g/mol. The van der Waals surface area contributed by atoms with Crippen LogP contribution in [0.15, 0.2) is 24.3 Å². The van der Waals surface area contributed by atoms with Crippen LogP contribution in [-0.4, -0.2) is 33.0 Å². The first-order valence-electron chi connectivity index (χ1n) is 5.35. The summed E-state index contributed by atoms with van der Waals surface area (Å²) in [5.74, 6) is 0.511. The van der Waals surface area contributed by atoms with Crippen molar-refractivity contribution in [2.75, 3.05) is 29.5 Å². The third-order valence-electron chi connectivity index (χ3n) is 2.88. The lowest BCUT2D eigenvalue weighted by Crippen LogP contribution is -2.40. The molecule has 0 radical (unpaired) electrons. The molecule has 1 aromatic carbocycles. The van der Waals surface area contributed by atoms with Gasteiger partial charge in [0.05, 0.1) is 11.5 Å². The second-order valence-corrected chi connectivity index (χ2v) is 6.31. The van der Waals surface area contributed by atoms with Crippen molar-refractivity contribution in [3.8, 4) is 0 Å². The third kappa shape index (κ3) is 2.54. The Bertz CT molecular complexity index is 439. The lowest BCUT2D eigenvalue weighted by Gasteiger charge is -2.28. The van der Waals surface area contributed by atoms with Crippen LogP contribution in [0.4, 0.5) is 5.69 Å². The molecule has 0 aromatic heterocycles. The fourth-order valence-electron chi connectivity index (χ4n) is 1.81. The van der Waals surface area contributed by atoms with Crippen molar-refractivity contribution < 1.29 is 8.42 Å². The lowest BCUT2D eigenvalue weighted by atomic mass is 10.2. The zero-order valence-electron chi connectivity index (χ0n) is 9.09. The molecule has 0 bridgehead atoms. The van der Waals surface area contributed by atoms with E-state index in [1.807, 2.05) is 24.3 Å². The summed E-state index contributed by atoms with van der Waals surface area (Å²) in [5.41, 5.74) is 7.69. The Morgan fingerprint density at radius 2 is 1.69 bits per heavy atom. The molecule has 2 N–H and O–H groups in total. The predicted molar refractivity (Wildman–Crippen MR) is 65.2 cm³/mol. The normalized spacial score (nSPS) is 19.7. The smallest absolute Gasteiger partial charge is 0.153 e. The second kappa shape index (κ2) is 4.43. The number of nitrogens with two attached hydrogens (primary N) is 1. The van der Waals surface area contributed by atoms with Gasteiger partial charge in [0, 0.05) is 25.3 Å². The predicted octanol–water partition coefficient (Wildman–Crippen LogP) is 0.380. The van der Waals surface area contributed by atoms with Gasteiger partial charge in [0.15, 0.2) is 9.84 Å². The largest absolute Gasteiger partial charge is 0.369 e. The monoisotopic (exact) mass is 240 g/mol. The molecule has 2 rings (SSSR count). The first kappa shape index (κ1) is 11.4. The van der Waals surface area contributed by atoms with Crippen LogP contribution in [0.3, 0.4) is 0 Å². The van der Waals surface area contributed by atoms with Gasteiger partial charge >= 0.3 is 0 Å². The summed E-state index contributed by atoms with van der Waals surface area (Å²) in [7, 11) is -2.80. The molecule has 1 saturated heterocycles. The fraction of sp³-hybridized carbons (Fsp3) is 0.455. The Morgan fingerprint density at radius 1 is 1.12 bits per heavy atom. The highest BCUT2D eigenvalue weighted by atomic mass is 32.2. The van der Waals surface area contributed by atoms with Crippen molar-refractivity contribution in [3.05, 3.63) is 29.8 Å². The van der Waals surface area contributed by atoms with E-state index < -0.39 is 9.84 Å². The van der Waals surface area contributed by atoms with Crippen LogP contribution in [-0.2, 0) is 16.4 Å². The van der Waals surface area contributed by atoms with Gasteiger partial charge in [-0.05, 0) is 17.7 Å². The maximum absolute atomic E-state index is 11.3. The van der Waals surface area contributed by atoms with Crippen molar-refractivity contribution >= 4 is 15.5 Å². The molecule has 1 fully saturated rings. The quantitative estimate of drug-likeness (QED) is 0.811. The minimum Gasteiger partial charge on any atom is -0.369 e. The molecular formula is C11H16N2O2S. The summed E-state index contributed by atoms with van der Waals surface area (Å²) in [4.78, 5) is 2.10. The van der Waals surface area contributed by atoms with E-state index >= 15 is 0 Å². The topological polar surface area (TPSA) is 63.4 Å². The molecule has 0 saturated carbocycles. The van der Waals surface area contributed by atoms with Gasteiger partial charge in [-0.25, -0.2) is 8.42 Å². The highest BCUT2D eigenvalue weighted by molar-refractivity contribution is 7.91. The number of rotatable bonds is 2. The number of nitrogens with zero attached hydrogens (tertiary/aromatic N) is 1. The minimum atomic E-state index is -2.80. The van der Waals surface area contributed by atoms with E-state index in [0.717, 1.165) is 11.3 Å². The molecule has 4 nitrogen and oxygen atoms in total. The second-order valence-electron chi connectivity index (χ2n) is 4.01. The van der Waals surface area contributed by atoms with E-state index in [2.05, 4.69) is 4.90 Å². The van der Waals surface area contributed by atoms with Crippen LogP contribution in [0.2, 0.25) is 0 Å². The lowest BCUT2D eigenvalue weighted by molar-refractivity contribution is 0.587. The van der Waals surface area contributed by atoms with Gasteiger partial charge in [-0.2, -0.15) is 0 Å². The number of hydrogen-bond donors (Lipinski definition) is 1. The van der Waals surface area contributed by atoms with Crippen molar-refractivity contribution in [3.63, 3.8) is 0 Å². The van der Waals surface area contributed by atoms with Crippen LogP contribution < -0.4 is 10.6 Å². The number of benzene rings is 1. The molecule has 0 atom stereocenters. The number of sulfone groups is 1. The van der Waals surface area contributed by atoms with E-state index in [9.17, 15) is 8.42 Å². The van der Waals surface area contributed by atoms with Crippen LogP contribution in [0.25, 0.3) is 0 Å². The molecule has 0 spiro atoms. The average Bonchev–Trinajstić information content (AvgIpc) is 2.29. The van der Waals surface area contributed by atoms with Crippen molar-refractivity contribution in [1.82, 2.24) is 0 Å². The molecule has 5 heteroatoms. The van der Waals surface area contributed by atoms with Gasteiger partial charge < -0.3 is 10.6 Å². The molecule has 0 unspecified atom stereocenters. The standard InChI is InChI=1S/C11H16N2O2S/c12-9-10-1-3-11(4-2-10)13-5-7-16(14,15)8-6-13/h1-4H,5-9,12H2. The van der Waals surface area contributed by atoms with Crippen LogP contribution in [0.5, 0.6) is 0 Å². The van der Waals surface area contributed by atoms with Crippen LogP contribution in [0.1, 0.15) is 5.56 Å². The molecule has 1 heterocycles. The first-order valence-corrected chi connectivity index (χ1v) is 7.17. The maximum atomic E-state index is 11.3. The Labute approximate surface area is 96.0 Å². The highest BCUT2D eigenvalue weighted by Crippen LogP contribution is 2.17. The minimum absolute atomic E-state index is 0.256. The molecule has 88 valence electrons. The number of anilines is 1. The Hall–Kier alpha value is -1.07. The van der Waals surface area contributed by atoms with Crippen LogP contribution in [0, 0.1) is 0 Å². The van der Waals surface area contributed by atoms with Crippen molar-refractivity contribution in [2.45, 2.75) is 6.54 Å². The maximum Gasteiger partial charge on any atom is 0.153 e. The molecule has 16 heavy (non-hydrogen) atoms. The van der Waals surface area contributed by atoms with E-state index in [-0.39, 0.29) is 11.5 Å². The Morgan fingerprint density at radius 3 is 2.19 bits per heavy atom. The van der Waals surface area contributed by atoms with Gasteiger partial charge in [0.25, 0.3) is 0 Å². The molecule has 1 aromatic rings. The first-order chi connectivity index (χ1) is 7.61. The van der Waals surface area contributed by atoms with Gasteiger partial charge in [-0.15, -0.1) is 0 Å². The van der Waals surface area contributed by atoms with Gasteiger partial charge in [0.2, 0.25) is 0 Å². The zero-order chi connectivity index (χ0) is 11.6. The molecular weight excluding hydrogens is 224 g/mol. The molecule has 1 aliphatic rings. The zero-order valence-corrected chi connectivity index (χ0v) is 9.91. The number of hydrogen-bond acceptors (Lipinski definition) is 4. The van der Waals surface area contributed by atoms with Crippen LogP contribution >= 0.6 is 0 Å². The van der Waals surface area contributed by atoms with Gasteiger partial charge in [-0.1, -0.05) is 12.1 Å². The molecule has 0 aliphatic carbocycles. The SMILES string of the molecule is NCc1ccc(N2CCS(=O)(=O)CC2)cc1. The Kier molecular flexibility index (Phi) is 3.16. The third-order valence-corrected chi connectivity index (χ3v) is 4.49. The summed E-state index contributed by atoms with van der Waals surface area (Å²) >= 11 is 0. The summed E-state index contributed by atoms with van der Waals surface area (Å²) in [6.07, 6.45) is 0. The summed E-state index contributed by atoms with van der Waals surface area (Å²) in [5, 5.41) is 0. The van der Waals surface area contributed by atoms with E-state index in [1.54, 1.807) is 0 Å². The summed E-state index contributed by atoms with van der Waals surface area (Å²) in [6.45, 7) is 1.71. The van der Waals surface area contributed by atoms with E-state index in [4.69, 9.17) is 5.73 Å². The van der Waals surface area contributed by atoms with Crippen molar-refractivity contribution in [1.29, 1.82) is 0 Å². The highest BCUT2D eigenvalue weighted by Gasteiger charge is 2.21. The van der Waals surface area contributed by atoms with Crippen molar-refractivity contribution in [2.24, 2.45) is 5.73 Å². The Balaban J connectivity index is 2.08. The fourth-order valence-corrected chi connectivity index (χ4v) is 3.01. The summed E-state index contributed by atoms with van der Waals surface area (Å²) in [6, 6.07) is 7.97. The van der Waals surface area contributed by atoms with Gasteiger partial charge in [0.1, 0.15) is 0 Å².